The van der Waals surface area contributed by atoms with Crippen LogP contribution in [0.1, 0.15) is 50.9 Å². The van der Waals surface area contributed by atoms with Crippen molar-refractivity contribution in [2.24, 2.45) is 5.92 Å². The van der Waals surface area contributed by atoms with E-state index in [4.69, 9.17) is 19.2 Å². The normalized spacial score (nSPS) is 19.2. The van der Waals surface area contributed by atoms with Gasteiger partial charge in [0.05, 0.1) is 29.3 Å². The third kappa shape index (κ3) is 5.67. The maximum absolute atomic E-state index is 12.3. The van der Waals surface area contributed by atoms with Gasteiger partial charge in [0.1, 0.15) is 22.8 Å². The molecule has 2 fully saturated rings. The third-order valence-electron chi connectivity index (χ3n) is 6.98. The van der Waals surface area contributed by atoms with Crippen LogP contribution in [0.5, 0.6) is 0 Å². The second kappa shape index (κ2) is 10.6. The van der Waals surface area contributed by atoms with E-state index in [9.17, 15) is 9.59 Å². The fraction of sp³-hybridized carbons (Fsp3) is 0.467. The Bertz CT molecular complexity index is 1510. The number of carbonyl (C=O) groups excluding carboxylic acids is 2. The van der Waals surface area contributed by atoms with Crippen molar-refractivity contribution in [1.82, 2.24) is 19.4 Å². The van der Waals surface area contributed by atoms with Gasteiger partial charge in [-0.05, 0) is 45.4 Å². The fourth-order valence-electron chi connectivity index (χ4n) is 4.90. The number of anilines is 1. The topological polar surface area (TPSA) is 108 Å². The summed E-state index contributed by atoms with van der Waals surface area (Å²) in [5, 5.41) is 3.60. The number of aromatic nitrogens is 3. The number of nitrogens with zero attached hydrogens (tertiary/aromatic N) is 4. The molecule has 210 valence electrons. The molecular formula is C30H35N5O5. The number of hydrogen-bond donors (Lipinski definition) is 1. The number of amides is 2. The van der Waals surface area contributed by atoms with Gasteiger partial charge in [-0.25, -0.2) is 14.8 Å². The van der Waals surface area contributed by atoms with Crippen LogP contribution in [0.3, 0.4) is 0 Å². The Hall–Kier alpha value is -3.94. The monoisotopic (exact) mass is 545 g/mol. The zero-order valence-corrected chi connectivity index (χ0v) is 23.8. The number of likely N-dealkylation sites (tertiary alicyclic amines) is 1. The summed E-state index contributed by atoms with van der Waals surface area (Å²) in [4.78, 5) is 35.1. The van der Waals surface area contributed by atoms with Crippen LogP contribution < -0.4 is 5.32 Å². The summed E-state index contributed by atoms with van der Waals surface area (Å²) in [6, 6.07) is 5.86. The Kier molecular flexibility index (Phi) is 7.29. The molecule has 2 amide bonds. The van der Waals surface area contributed by atoms with E-state index in [1.807, 2.05) is 56.7 Å². The summed E-state index contributed by atoms with van der Waals surface area (Å²) in [7, 11) is 1.69. The lowest BCUT2D eigenvalue weighted by Crippen LogP contribution is -2.51. The summed E-state index contributed by atoms with van der Waals surface area (Å²) in [5.74, 6) is 7.59. The SMILES string of the molecule is CO[C@@]1(c2cc(C)cc(-n3cc(C#CC4CN(C(=O)OC(C)(C)C)C4)c4cnc(NC(C)=O)cc43)n2)CCOC1. The van der Waals surface area contributed by atoms with Gasteiger partial charge in [0.2, 0.25) is 5.91 Å². The quantitative estimate of drug-likeness (QED) is 0.491. The number of carbonyl (C=O) groups is 2. The summed E-state index contributed by atoms with van der Waals surface area (Å²) in [6.07, 6.45) is 4.06. The zero-order chi connectivity index (χ0) is 28.7. The first-order chi connectivity index (χ1) is 19.0. The van der Waals surface area contributed by atoms with E-state index >= 15 is 0 Å². The van der Waals surface area contributed by atoms with Gasteiger partial charge in [0.25, 0.3) is 0 Å². The van der Waals surface area contributed by atoms with E-state index in [0.717, 1.165) is 34.1 Å². The fourth-order valence-corrected chi connectivity index (χ4v) is 4.90. The number of hydrogen-bond acceptors (Lipinski definition) is 7. The molecule has 0 saturated carbocycles. The van der Waals surface area contributed by atoms with Crippen molar-refractivity contribution in [3.05, 3.63) is 47.4 Å². The Labute approximate surface area is 234 Å². The van der Waals surface area contributed by atoms with E-state index < -0.39 is 11.2 Å². The largest absolute Gasteiger partial charge is 0.444 e. The van der Waals surface area contributed by atoms with Crippen molar-refractivity contribution in [3.63, 3.8) is 0 Å². The summed E-state index contributed by atoms with van der Waals surface area (Å²) < 4.78 is 19.0. The molecule has 5 heterocycles. The molecule has 0 aliphatic carbocycles. The number of rotatable bonds is 4. The predicted molar refractivity (Wildman–Crippen MR) is 150 cm³/mol. The molecule has 0 bridgehead atoms. The maximum atomic E-state index is 12.3. The molecule has 1 atom stereocenters. The summed E-state index contributed by atoms with van der Waals surface area (Å²) in [6.45, 7) is 11.1. The lowest BCUT2D eigenvalue weighted by atomic mass is 9.97. The van der Waals surface area contributed by atoms with Crippen molar-refractivity contribution in [1.29, 1.82) is 0 Å². The van der Waals surface area contributed by atoms with E-state index in [-0.39, 0.29) is 17.9 Å². The number of aryl methyl sites for hydroxylation is 1. The van der Waals surface area contributed by atoms with Crippen LogP contribution in [0.25, 0.3) is 16.7 Å². The van der Waals surface area contributed by atoms with Crippen LogP contribution in [0.4, 0.5) is 10.6 Å². The molecule has 0 aromatic carbocycles. The van der Waals surface area contributed by atoms with E-state index in [1.165, 1.54) is 6.92 Å². The molecule has 3 aromatic heterocycles. The predicted octanol–water partition coefficient (Wildman–Crippen LogP) is 4.17. The molecule has 10 nitrogen and oxygen atoms in total. The van der Waals surface area contributed by atoms with Gasteiger partial charge < -0.3 is 24.4 Å². The van der Waals surface area contributed by atoms with Crippen LogP contribution >= 0.6 is 0 Å². The lowest BCUT2D eigenvalue weighted by molar-refractivity contribution is -0.114. The average Bonchev–Trinajstić information content (AvgIpc) is 3.47. The highest BCUT2D eigenvalue weighted by Gasteiger charge is 2.39. The molecular weight excluding hydrogens is 510 g/mol. The van der Waals surface area contributed by atoms with Gasteiger partial charge >= 0.3 is 6.09 Å². The molecule has 0 radical (unpaired) electrons. The van der Waals surface area contributed by atoms with Gasteiger partial charge in [-0.1, -0.05) is 11.8 Å². The third-order valence-corrected chi connectivity index (χ3v) is 6.98. The lowest BCUT2D eigenvalue weighted by Gasteiger charge is -2.37. The minimum Gasteiger partial charge on any atom is -0.444 e. The molecule has 40 heavy (non-hydrogen) atoms. The molecule has 1 N–H and O–H groups in total. The van der Waals surface area contributed by atoms with E-state index in [2.05, 4.69) is 22.1 Å². The van der Waals surface area contributed by atoms with Crippen LogP contribution in [-0.2, 0) is 24.6 Å². The number of ether oxygens (including phenoxy) is 3. The minimum absolute atomic E-state index is 0.0464. The number of methoxy groups -OCH3 is 1. The van der Waals surface area contributed by atoms with Crippen LogP contribution in [0, 0.1) is 24.7 Å². The van der Waals surface area contributed by atoms with E-state index in [1.54, 1.807) is 18.2 Å². The first-order valence-corrected chi connectivity index (χ1v) is 13.4. The second-order valence-corrected chi connectivity index (χ2v) is 11.4. The number of pyridine rings is 2. The summed E-state index contributed by atoms with van der Waals surface area (Å²) in [5.41, 5.74) is 2.30. The van der Waals surface area contributed by atoms with Gasteiger partial charge in [0.15, 0.2) is 0 Å². The van der Waals surface area contributed by atoms with Crippen molar-refractivity contribution in [3.8, 4) is 17.7 Å². The van der Waals surface area contributed by atoms with Crippen molar-refractivity contribution in [2.75, 3.05) is 38.7 Å². The molecule has 2 aliphatic rings. The Balaban J connectivity index is 1.50. The molecule has 2 saturated heterocycles. The van der Waals surface area contributed by atoms with Crippen molar-refractivity contribution < 1.29 is 23.8 Å². The first-order valence-electron chi connectivity index (χ1n) is 13.4. The van der Waals surface area contributed by atoms with Gasteiger partial charge in [0, 0.05) is 64.0 Å². The molecule has 3 aromatic rings. The highest BCUT2D eigenvalue weighted by Crippen LogP contribution is 2.34. The van der Waals surface area contributed by atoms with Crippen molar-refractivity contribution in [2.45, 2.75) is 52.2 Å². The van der Waals surface area contributed by atoms with Gasteiger partial charge in [-0.2, -0.15) is 0 Å². The number of nitrogens with one attached hydrogen (secondary N) is 1. The summed E-state index contributed by atoms with van der Waals surface area (Å²) >= 11 is 0. The number of fused-ring (bicyclic) bond motifs is 1. The van der Waals surface area contributed by atoms with Crippen LogP contribution in [0.15, 0.2) is 30.6 Å². The molecule has 0 unspecified atom stereocenters. The molecule has 0 spiro atoms. The standard InChI is InChI=1S/C30H35N5O5/c1-19-11-25(30(38-6)9-10-39-18-30)33-27(12-19)35-17-22(23-14-31-26(13-24(23)35)32-20(2)36)8-7-21-15-34(16-21)28(37)40-29(3,4)5/h11-14,17,21H,9-10,15-16,18H2,1-6H3,(H,31,32,36)/t30-/m0/s1. The molecule has 5 rings (SSSR count). The highest BCUT2D eigenvalue weighted by molar-refractivity contribution is 5.93. The maximum Gasteiger partial charge on any atom is 0.410 e. The average molecular weight is 546 g/mol. The van der Waals surface area contributed by atoms with Crippen LogP contribution in [-0.4, -0.2) is 70.4 Å². The Morgan fingerprint density at radius 1 is 1.23 bits per heavy atom. The zero-order valence-electron chi connectivity index (χ0n) is 23.8. The van der Waals surface area contributed by atoms with Crippen molar-refractivity contribution >= 4 is 28.7 Å². The highest BCUT2D eigenvalue weighted by atomic mass is 16.6. The van der Waals surface area contributed by atoms with Crippen LogP contribution in [0.2, 0.25) is 0 Å². The Morgan fingerprint density at radius 2 is 2.00 bits per heavy atom. The van der Waals surface area contributed by atoms with Gasteiger partial charge in [-0.3, -0.25) is 9.36 Å². The minimum atomic E-state index is -0.598. The van der Waals surface area contributed by atoms with Gasteiger partial charge in [-0.15, -0.1) is 0 Å². The van der Waals surface area contributed by atoms with E-state index in [0.29, 0.717) is 37.9 Å². The molecule has 10 heteroatoms. The Morgan fingerprint density at radius 3 is 2.65 bits per heavy atom. The second-order valence-electron chi connectivity index (χ2n) is 11.4. The smallest absolute Gasteiger partial charge is 0.410 e. The first kappa shape index (κ1) is 27.6. The molecule has 2 aliphatic heterocycles.